The molecule has 0 fully saturated rings. The fourth-order valence-electron chi connectivity index (χ4n) is 2.56. The Balaban J connectivity index is 1.69. The molecule has 4 nitrogen and oxygen atoms in total. The van der Waals surface area contributed by atoms with Gasteiger partial charge in [-0.15, -0.1) is 11.3 Å². The summed E-state index contributed by atoms with van der Waals surface area (Å²) in [6.45, 7) is 1.80. The number of aldehydes is 1. The van der Waals surface area contributed by atoms with Gasteiger partial charge in [0.25, 0.3) is 5.91 Å². The molecule has 3 aromatic rings. The number of amides is 1. The molecule has 5 heteroatoms. The molecule has 1 unspecified atom stereocenters. The Morgan fingerprint density at radius 2 is 2.04 bits per heavy atom. The Bertz CT molecular complexity index is 858. The average molecular weight is 339 g/mol. The Morgan fingerprint density at radius 3 is 2.79 bits per heavy atom. The van der Waals surface area contributed by atoms with Gasteiger partial charge in [0.2, 0.25) is 0 Å². The lowest BCUT2D eigenvalue weighted by Crippen LogP contribution is -2.31. The van der Waals surface area contributed by atoms with Gasteiger partial charge in [0.05, 0.1) is 11.6 Å². The minimum Gasteiger partial charge on any atom is -0.483 e. The molecule has 3 rings (SSSR count). The number of carbonyl (C=O) groups is 2. The van der Waals surface area contributed by atoms with E-state index in [4.69, 9.17) is 4.74 Å². The predicted molar refractivity (Wildman–Crippen MR) is 95.7 cm³/mol. The number of hydrogen-bond donors (Lipinski definition) is 1. The van der Waals surface area contributed by atoms with Crippen LogP contribution in [0.4, 0.5) is 0 Å². The van der Waals surface area contributed by atoms with E-state index in [2.05, 4.69) is 5.32 Å². The molecule has 0 bridgehead atoms. The van der Waals surface area contributed by atoms with Gasteiger partial charge < -0.3 is 10.1 Å². The molecule has 2 aromatic carbocycles. The van der Waals surface area contributed by atoms with E-state index >= 15 is 0 Å². The summed E-state index contributed by atoms with van der Waals surface area (Å²) in [5, 5.41) is 6.64. The van der Waals surface area contributed by atoms with Crippen molar-refractivity contribution in [2.24, 2.45) is 0 Å². The topological polar surface area (TPSA) is 55.4 Å². The molecule has 0 aliphatic carbocycles. The molecule has 0 radical (unpaired) electrons. The summed E-state index contributed by atoms with van der Waals surface area (Å²) in [5.41, 5.74) is 0.465. The Hall–Kier alpha value is -2.66. The first-order valence-corrected chi connectivity index (χ1v) is 8.49. The second kappa shape index (κ2) is 7.27. The first-order valence-electron chi connectivity index (χ1n) is 7.61. The monoisotopic (exact) mass is 339 g/mol. The normalized spacial score (nSPS) is 11.9. The number of thiophene rings is 1. The van der Waals surface area contributed by atoms with Crippen LogP contribution in [0.2, 0.25) is 0 Å². The Kier molecular flexibility index (Phi) is 4.91. The van der Waals surface area contributed by atoms with E-state index in [1.807, 2.05) is 54.8 Å². The van der Waals surface area contributed by atoms with Crippen LogP contribution in [0.15, 0.2) is 53.9 Å². The van der Waals surface area contributed by atoms with Gasteiger partial charge in [-0.1, -0.05) is 36.4 Å². The third-order valence-corrected chi connectivity index (χ3v) is 4.81. The number of fused-ring (bicyclic) bond motifs is 1. The Labute approximate surface area is 144 Å². The molecule has 1 heterocycles. The fraction of sp³-hybridized carbons (Fsp3) is 0.158. The minimum absolute atomic E-state index is 0.0664. The lowest BCUT2D eigenvalue weighted by Gasteiger charge is -2.14. The summed E-state index contributed by atoms with van der Waals surface area (Å²) in [5.74, 6) is 0.198. The highest BCUT2D eigenvalue weighted by atomic mass is 32.1. The van der Waals surface area contributed by atoms with Crippen LogP contribution < -0.4 is 10.1 Å². The SMILES string of the molecule is CC(NC(=O)COc1ccc2ccccc2c1C=O)c1cccs1. The summed E-state index contributed by atoms with van der Waals surface area (Å²) in [7, 11) is 0. The van der Waals surface area contributed by atoms with E-state index in [0.29, 0.717) is 11.3 Å². The molecule has 0 aliphatic heterocycles. The molecule has 1 atom stereocenters. The van der Waals surface area contributed by atoms with Crippen LogP contribution in [0, 0.1) is 0 Å². The lowest BCUT2D eigenvalue weighted by molar-refractivity contribution is -0.123. The van der Waals surface area contributed by atoms with Crippen LogP contribution >= 0.6 is 11.3 Å². The summed E-state index contributed by atoms with van der Waals surface area (Å²) in [6.07, 6.45) is 0.768. The van der Waals surface area contributed by atoms with Crippen molar-refractivity contribution in [2.75, 3.05) is 6.61 Å². The zero-order valence-electron chi connectivity index (χ0n) is 13.2. The Morgan fingerprint density at radius 1 is 1.21 bits per heavy atom. The van der Waals surface area contributed by atoms with Gasteiger partial charge in [0.15, 0.2) is 12.9 Å². The number of rotatable bonds is 6. The molecule has 0 saturated heterocycles. The maximum atomic E-state index is 12.1. The number of nitrogens with one attached hydrogen (secondary N) is 1. The third-order valence-electron chi connectivity index (χ3n) is 3.75. The molecule has 0 aliphatic rings. The summed E-state index contributed by atoms with van der Waals surface area (Å²) in [4.78, 5) is 24.6. The first kappa shape index (κ1) is 16.2. The van der Waals surface area contributed by atoms with Gasteiger partial charge in [-0.05, 0) is 35.2 Å². The highest BCUT2D eigenvalue weighted by molar-refractivity contribution is 7.10. The molecular weight excluding hydrogens is 322 g/mol. The van der Waals surface area contributed by atoms with Gasteiger partial charge >= 0.3 is 0 Å². The molecule has 1 N–H and O–H groups in total. The van der Waals surface area contributed by atoms with Gasteiger partial charge in [0.1, 0.15) is 5.75 Å². The van der Waals surface area contributed by atoms with Crippen LogP contribution in [-0.4, -0.2) is 18.8 Å². The van der Waals surface area contributed by atoms with Crippen molar-refractivity contribution in [2.45, 2.75) is 13.0 Å². The number of carbonyl (C=O) groups excluding carboxylic acids is 2. The molecule has 24 heavy (non-hydrogen) atoms. The molecule has 1 amide bonds. The maximum absolute atomic E-state index is 12.1. The standard InChI is InChI=1S/C19H17NO3S/c1-13(18-7-4-10-24-18)20-19(22)12-23-17-9-8-14-5-2-3-6-15(14)16(17)11-21/h2-11,13H,12H2,1H3,(H,20,22). The minimum atomic E-state index is -0.221. The van der Waals surface area contributed by atoms with Crippen molar-refractivity contribution in [3.05, 3.63) is 64.4 Å². The van der Waals surface area contributed by atoms with Crippen molar-refractivity contribution >= 4 is 34.3 Å². The number of ether oxygens (including phenoxy) is 1. The van der Waals surface area contributed by atoms with E-state index in [0.717, 1.165) is 21.9 Å². The highest BCUT2D eigenvalue weighted by Crippen LogP contribution is 2.26. The third kappa shape index (κ3) is 3.46. The smallest absolute Gasteiger partial charge is 0.258 e. The molecule has 0 saturated carbocycles. The highest BCUT2D eigenvalue weighted by Gasteiger charge is 2.13. The number of benzene rings is 2. The second-order valence-electron chi connectivity index (χ2n) is 5.41. The van der Waals surface area contributed by atoms with Crippen molar-refractivity contribution < 1.29 is 14.3 Å². The van der Waals surface area contributed by atoms with Crippen molar-refractivity contribution in [3.63, 3.8) is 0 Å². The fourth-order valence-corrected chi connectivity index (χ4v) is 3.29. The zero-order valence-corrected chi connectivity index (χ0v) is 14.0. The quantitative estimate of drug-likeness (QED) is 0.691. The van der Waals surface area contributed by atoms with Crippen LogP contribution in [0.5, 0.6) is 5.75 Å². The first-order chi connectivity index (χ1) is 11.7. The molecule has 1 aromatic heterocycles. The van der Waals surface area contributed by atoms with Gasteiger partial charge in [0, 0.05) is 4.88 Å². The van der Waals surface area contributed by atoms with Gasteiger partial charge in [-0.3, -0.25) is 9.59 Å². The van der Waals surface area contributed by atoms with Gasteiger partial charge in [-0.2, -0.15) is 0 Å². The van der Waals surface area contributed by atoms with E-state index < -0.39 is 0 Å². The zero-order chi connectivity index (χ0) is 16.9. The molecule has 0 spiro atoms. The van der Waals surface area contributed by atoms with Crippen molar-refractivity contribution in [3.8, 4) is 5.75 Å². The van der Waals surface area contributed by atoms with Crippen molar-refractivity contribution in [1.29, 1.82) is 0 Å². The largest absolute Gasteiger partial charge is 0.483 e. The molecular formula is C19H17NO3S. The predicted octanol–water partition coefficient (Wildman–Crippen LogP) is 3.97. The van der Waals surface area contributed by atoms with Crippen LogP contribution in [-0.2, 0) is 4.79 Å². The summed E-state index contributed by atoms with van der Waals surface area (Å²) >= 11 is 1.59. The van der Waals surface area contributed by atoms with E-state index in [-0.39, 0.29) is 18.6 Å². The van der Waals surface area contributed by atoms with Crippen LogP contribution in [0.3, 0.4) is 0 Å². The van der Waals surface area contributed by atoms with Gasteiger partial charge in [-0.25, -0.2) is 0 Å². The van der Waals surface area contributed by atoms with E-state index in [1.165, 1.54) is 0 Å². The van der Waals surface area contributed by atoms with Crippen LogP contribution in [0.25, 0.3) is 10.8 Å². The van der Waals surface area contributed by atoms with E-state index in [1.54, 1.807) is 17.4 Å². The van der Waals surface area contributed by atoms with Crippen LogP contribution in [0.1, 0.15) is 28.2 Å². The average Bonchev–Trinajstić information content (AvgIpc) is 3.14. The second-order valence-corrected chi connectivity index (χ2v) is 6.39. The van der Waals surface area contributed by atoms with Crippen molar-refractivity contribution in [1.82, 2.24) is 5.32 Å². The molecule has 122 valence electrons. The lowest BCUT2D eigenvalue weighted by atomic mass is 10.0. The summed E-state index contributed by atoms with van der Waals surface area (Å²) < 4.78 is 5.58. The maximum Gasteiger partial charge on any atom is 0.258 e. The number of hydrogen-bond acceptors (Lipinski definition) is 4. The summed E-state index contributed by atoms with van der Waals surface area (Å²) in [6, 6.07) is 15.0. The van der Waals surface area contributed by atoms with E-state index in [9.17, 15) is 9.59 Å².